The molecule has 0 bridgehead atoms. The molecule has 2 unspecified atom stereocenters. The van der Waals surface area contributed by atoms with Crippen LogP contribution < -0.4 is 0 Å². The molecule has 0 saturated heterocycles. The van der Waals surface area contributed by atoms with Gasteiger partial charge in [-0.25, -0.2) is 10.1 Å². The maximum absolute atomic E-state index is 9.19. The Morgan fingerprint density at radius 2 is 1.53 bits per heavy atom. The summed E-state index contributed by atoms with van der Waals surface area (Å²) >= 11 is 2.36. The monoisotopic (exact) mass is 356 g/mol. The number of ether oxygens (including phenoxy) is 1. The summed E-state index contributed by atoms with van der Waals surface area (Å²) < 4.78 is 5.68. The van der Waals surface area contributed by atoms with Crippen LogP contribution in [0.4, 0.5) is 0 Å². The second kappa shape index (κ2) is 8.67. The molecule has 0 heterocycles. The third kappa shape index (κ3) is 5.01. The number of hydrogen-bond acceptors (Lipinski definition) is 3. The number of halogens is 1. The fraction of sp³-hybridized carbons (Fsp3) is 1.00. The molecular formula is C13H25IO3. The Kier molecular flexibility index (Phi) is 7.99. The molecule has 1 saturated carbocycles. The zero-order valence-electron chi connectivity index (χ0n) is 10.8. The highest BCUT2D eigenvalue weighted by molar-refractivity contribution is 14.1. The molecule has 0 spiro atoms. The number of alkyl halides is 1. The predicted molar refractivity (Wildman–Crippen MR) is 77.4 cm³/mol. The Morgan fingerprint density at radius 1 is 1.00 bits per heavy atom. The van der Waals surface area contributed by atoms with Gasteiger partial charge in [-0.05, 0) is 12.8 Å². The molecule has 4 heteroatoms. The summed E-state index contributed by atoms with van der Waals surface area (Å²) in [6.45, 7) is 0. The van der Waals surface area contributed by atoms with Gasteiger partial charge in [-0.15, -0.1) is 0 Å². The average molecular weight is 356 g/mol. The SMILES string of the molecule is COC1(OO)CCCCCCCCCCC1I. The maximum atomic E-state index is 9.19. The highest BCUT2D eigenvalue weighted by Gasteiger charge is 2.38. The van der Waals surface area contributed by atoms with Crippen molar-refractivity contribution in [2.75, 3.05) is 7.11 Å². The van der Waals surface area contributed by atoms with E-state index in [1.807, 2.05) is 0 Å². The van der Waals surface area contributed by atoms with Gasteiger partial charge in [0.2, 0.25) is 5.79 Å². The van der Waals surface area contributed by atoms with Gasteiger partial charge in [-0.1, -0.05) is 67.5 Å². The molecule has 0 aromatic carbocycles. The van der Waals surface area contributed by atoms with Crippen molar-refractivity contribution < 1.29 is 14.9 Å². The molecule has 0 amide bonds. The Morgan fingerprint density at radius 3 is 2.06 bits per heavy atom. The van der Waals surface area contributed by atoms with Crippen LogP contribution in [0.25, 0.3) is 0 Å². The lowest BCUT2D eigenvalue weighted by atomic mass is 9.97. The van der Waals surface area contributed by atoms with E-state index in [9.17, 15) is 5.26 Å². The van der Waals surface area contributed by atoms with Gasteiger partial charge in [-0.2, -0.15) is 0 Å². The van der Waals surface area contributed by atoms with E-state index in [0.717, 1.165) is 19.3 Å². The van der Waals surface area contributed by atoms with Gasteiger partial charge in [0.05, 0.1) is 3.92 Å². The largest absolute Gasteiger partial charge is 0.350 e. The summed E-state index contributed by atoms with van der Waals surface area (Å²) in [5.41, 5.74) is 0. The van der Waals surface area contributed by atoms with Crippen molar-refractivity contribution in [3.05, 3.63) is 0 Å². The molecule has 0 radical (unpaired) electrons. The highest BCUT2D eigenvalue weighted by Crippen LogP contribution is 2.33. The van der Waals surface area contributed by atoms with Crippen LogP contribution in [0.2, 0.25) is 0 Å². The second-order valence-electron chi connectivity index (χ2n) is 4.94. The molecular weight excluding hydrogens is 331 g/mol. The molecule has 1 aliphatic carbocycles. The summed E-state index contributed by atoms with van der Waals surface area (Å²) in [7, 11) is 1.63. The van der Waals surface area contributed by atoms with E-state index in [4.69, 9.17) is 9.62 Å². The minimum Gasteiger partial charge on any atom is -0.350 e. The molecule has 0 aliphatic heterocycles. The van der Waals surface area contributed by atoms with Gasteiger partial charge in [0.25, 0.3) is 0 Å². The second-order valence-corrected chi connectivity index (χ2v) is 6.45. The molecule has 102 valence electrons. The van der Waals surface area contributed by atoms with Crippen LogP contribution in [0, 0.1) is 0 Å². The normalized spacial score (nSPS) is 33.7. The van der Waals surface area contributed by atoms with Crippen molar-refractivity contribution >= 4 is 22.6 Å². The topological polar surface area (TPSA) is 38.7 Å². The van der Waals surface area contributed by atoms with Crippen molar-refractivity contribution in [2.45, 2.75) is 73.9 Å². The Balaban J connectivity index is 2.56. The predicted octanol–water partition coefficient (Wildman–Crippen LogP) is 4.54. The van der Waals surface area contributed by atoms with Crippen LogP contribution in [-0.4, -0.2) is 22.1 Å². The molecule has 1 aliphatic rings. The van der Waals surface area contributed by atoms with E-state index in [1.165, 1.54) is 44.9 Å². The first-order valence-corrected chi connectivity index (χ1v) is 8.01. The summed E-state index contributed by atoms with van der Waals surface area (Å²) in [5, 5.41) is 9.19. The van der Waals surface area contributed by atoms with E-state index in [-0.39, 0.29) is 3.92 Å². The Hall–Kier alpha value is 0.610. The lowest BCUT2D eigenvalue weighted by molar-refractivity contribution is -0.399. The highest BCUT2D eigenvalue weighted by atomic mass is 127. The maximum Gasteiger partial charge on any atom is 0.212 e. The lowest BCUT2D eigenvalue weighted by Gasteiger charge is -2.33. The van der Waals surface area contributed by atoms with Gasteiger partial charge in [0, 0.05) is 13.5 Å². The van der Waals surface area contributed by atoms with Crippen LogP contribution in [0.15, 0.2) is 0 Å². The minimum absolute atomic E-state index is 0.217. The third-order valence-electron chi connectivity index (χ3n) is 3.71. The van der Waals surface area contributed by atoms with E-state index in [0.29, 0.717) is 0 Å². The first kappa shape index (κ1) is 15.7. The summed E-state index contributed by atoms with van der Waals surface area (Å²) in [5.74, 6) is -0.792. The minimum atomic E-state index is -0.792. The smallest absolute Gasteiger partial charge is 0.212 e. The van der Waals surface area contributed by atoms with Crippen LogP contribution in [0.1, 0.15) is 64.2 Å². The van der Waals surface area contributed by atoms with Gasteiger partial charge in [-0.3, -0.25) is 0 Å². The first-order chi connectivity index (χ1) is 8.25. The van der Waals surface area contributed by atoms with Crippen molar-refractivity contribution in [2.24, 2.45) is 0 Å². The first-order valence-electron chi connectivity index (χ1n) is 6.77. The van der Waals surface area contributed by atoms with E-state index < -0.39 is 5.79 Å². The van der Waals surface area contributed by atoms with Crippen LogP contribution >= 0.6 is 22.6 Å². The van der Waals surface area contributed by atoms with Crippen LogP contribution in [0.5, 0.6) is 0 Å². The van der Waals surface area contributed by atoms with Gasteiger partial charge in [0.15, 0.2) is 0 Å². The molecule has 1 N–H and O–H groups in total. The quantitative estimate of drug-likeness (QED) is 0.260. The number of methoxy groups -OCH3 is 1. The van der Waals surface area contributed by atoms with Crippen molar-refractivity contribution in [1.82, 2.24) is 0 Å². The summed E-state index contributed by atoms with van der Waals surface area (Å²) in [6, 6.07) is 0. The number of rotatable bonds is 2. The molecule has 3 nitrogen and oxygen atoms in total. The average Bonchev–Trinajstić information content (AvgIpc) is 2.35. The van der Waals surface area contributed by atoms with Gasteiger partial charge >= 0.3 is 0 Å². The lowest BCUT2D eigenvalue weighted by Crippen LogP contribution is -2.43. The molecule has 2 atom stereocenters. The summed E-state index contributed by atoms with van der Waals surface area (Å²) in [6.07, 6.45) is 11.9. The molecule has 1 rings (SSSR count). The van der Waals surface area contributed by atoms with E-state index >= 15 is 0 Å². The van der Waals surface area contributed by atoms with Crippen molar-refractivity contribution in [3.63, 3.8) is 0 Å². The molecule has 17 heavy (non-hydrogen) atoms. The van der Waals surface area contributed by atoms with Crippen molar-refractivity contribution in [1.29, 1.82) is 0 Å². The van der Waals surface area contributed by atoms with Gasteiger partial charge in [0.1, 0.15) is 0 Å². The fourth-order valence-corrected chi connectivity index (χ4v) is 3.62. The molecule has 1 fully saturated rings. The third-order valence-corrected chi connectivity index (χ3v) is 5.28. The Bertz CT molecular complexity index is 195. The van der Waals surface area contributed by atoms with Crippen LogP contribution in [0.3, 0.4) is 0 Å². The zero-order valence-corrected chi connectivity index (χ0v) is 12.9. The van der Waals surface area contributed by atoms with E-state index in [2.05, 4.69) is 22.6 Å². The van der Waals surface area contributed by atoms with Crippen LogP contribution in [-0.2, 0) is 9.62 Å². The molecule has 0 aromatic heterocycles. The zero-order chi connectivity index (χ0) is 12.6. The van der Waals surface area contributed by atoms with Gasteiger partial charge < -0.3 is 4.74 Å². The Labute approximate surface area is 118 Å². The standard InChI is InChI=1S/C13H25IO3/c1-16-13(17-15)11-9-7-5-3-2-4-6-8-10-12(13)14/h12,15H,2-11H2,1H3. The van der Waals surface area contributed by atoms with E-state index in [1.54, 1.807) is 7.11 Å². The number of hydrogen-bond donors (Lipinski definition) is 1. The summed E-state index contributed by atoms with van der Waals surface area (Å²) in [4.78, 5) is 4.71. The molecule has 0 aromatic rings. The van der Waals surface area contributed by atoms with Crippen molar-refractivity contribution in [3.8, 4) is 0 Å². The fourth-order valence-electron chi connectivity index (χ4n) is 2.50.